The predicted octanol–water partition coefficient (Wildman–Crippen LogP) is 2.60. The maximum absolute atomic E-state index is 12.9. The van der Waals surface area contributed by atoms with E-state index >= 15 is 0 Å². The van der Waals surface area contributed by atoms with Crippen molar-refractivity contribution in [2.24, 2.45) is 0 Å². The molecule has 3 rings (SSSR count). The summed E-state index contributed by atoms with van der Waals surface area (Å²) in [6.45, 7) is 2.01. The predicted molar refractivity (Wildman–Crippen MR) is 116 cm³/mol. The Kier molecular flexibility index (Phi) is 6.53. The molecule has 1 atom stereocenters. The highest BCUT2D eigenvalue weighted by atomic mass is 16.2. The number of amides is 3. The van der Waals surface area contributed by atoms with Crippen LogP contribution in [0.3, 0.4) is 0 Å². The maximum Gasteiger partial charge on any atom is 0.243 e. The number of nitrogens with zero attached hydrogens (tertiary/aromatic N) is 2. The van der Waals surface area contributed by atoms with Crippen LogP contribution in [0.2, 0.25) is 0 Å². The van der Waals surface area contributed by atoms with Gasteiger partial charge in [0.05, 0.1) is 19.0 Å². The summed E-state index contributed by atoms with van der Waals surface area (Å²) in [5.41, 5.74) is 3.40. The first-order valence-electron chi connectivity index (χ1n) is 9.84. The summed E-state index contributed by atoms with van der Waals surface area (Å²) in [5.74, 6) is 1.95. The van der Waals surface area contributed by atoms with Gasteiger partial charge < -0.3 is 15.1 Å². The van der Waals surface area contributed by atoms with Crippen LogP contribution in [0.25, 0.3) is 0 Å². The third-order valence-corrected chi connectivity index (χ3v) is 5.30. The van der Waals surface area contributed by atoms with Crippen LogP contribution in [0.5, 0.6) is 0 Å². The van der Waals surface area contributed by atoms with Crippen molar-refractivity contribution in [3.8, 4) is 12.3 Å². The second-order valence-corrected chi connectivity index (χ2v) is 7.40. The zero-order valence-electron chi connectivity index (χ0n) is 17.2. The van der Waals surface area contributed by atoms with Gasteiger partial charge in [-0.2, -0.15) is 0 Å². The summed E-state index contributed by atoms with van der Waals surface area (Å²) in [5, 5.41) is 2.76. The molecule has 3 amide bonds. The van der Waals surface area contributed by atoms with Gasteiger partial charge in [-0.15, -0.1) is 6.42 Å². The molecule has 0 saturated carbocycles. The summed E-state index contributed by atoms with van der Waals surface area (Å²) >= 11 is 0. The minimum absolute atomic E-state index is 0.0592. The number of hydrogen-bond donors (Lipinski definition) is 1. The first-order valence-corrected chi connectivity index (χ1v) is 9.84. The molecule has 0 bridgehead atoms. The van der Waals surface area contributed by atoms with Crippen molar-refractivity contribution < 1.29 is 14.4 Å². The Morgan fingerprint density at radius 1 is 1.20 bits per heavy atom. The minimum Gasteiger partial charge on any atom is -0.336 e. The van der Waals surface area contributed by atoms with Crippen LogP contribution < -0.4 is 5.32 Å². The molecular formula is C24H25N3O3. The zero-order valence-corrected chi connectivity index (χ0v) is 17.2. The van der Waals surface area contributed by atoms with Gasteiger partial charge in [-0.3, -0.25) is 14.4 Å². The second kappa shape index (κ2) is 9.27. The molecular weight excluding hydrogens is 378 g/mol. The second-order valence-electron chi connectivity index (χ2n) is 7.40. The fraction of sp³-hybridized carbons (Fsp3) is 0.292. The fourth-order valence-electron chi connectivity index (χ4n) is 3.76. The largest absolute Gasteiger partial charge is 0.336 e. The molecule has 2 aromatic carbocycles. The monoisotopic (exact) mass is 403 g/mol. The van der Waals surface area contributed by atoms with E-state index in [-0.39, 0.29) is 36.7 Å². The van der Waals surface area contributed by atoms with Gasteiger partial charge in [-0.25, -0.2) is 0 Å². The highest BCUT2D eigenvalue weighted by Gasteiger charge is 2.31. The quantitative estimate of drug-likeness (QED) is 0.781. The van der Waals surface area contributed by atoms with E-state index in [4.69, 9.17) is 6.42 Å². The number of carbonyl (C=O) groups excluding carboxylic acids is 3. The standard InChI is InChI=1S/C24H25N3O3/c1-4-18-8-7-10-20(14-18)25-23(29)16-26(3)24(30)15-22-21-11-6-5-9-19(21)12-13-27(22)17(2)28/h1,5-11,14,22H,12-13,15-16H2,2-3H3,(H,25,29). The van der Waals surface area contributed by atoms with E-state index in [9.17, 15) is 14.4 Å². The normalized spacial score (nSPS) is 15.0. The van der Waals surface area contributed by atoms with E-state index in [1.807, 2.05) is 24.3 Å². The van der Waals surface area contributed by atoms with Crippen molar-refractivity contribution in [1.82, 2.24) is 9.80 Å². The molecule has 1 aliphatic rings. The first kappa shape index (κ1) is 21.1. The lowest BCUT2D eigenvalue weighted by atomic mass is 9.90. The van der Waals surface area contributed by atoms with Gasteiger partial charge in [0.2, 0.25) is 17.7 Å². The summed E-state index contributed by atoms with van der Waals surface area (Å²) in [4.78, 5) is 40.5. The Labute approximate surface area is 176 Å². The van der Waals surface area contributed by atoms with Gasteiger partial charge in [-0.05, 0) is 35.7 Å². The molecule has 6 nitrogen and oxygen atoms in total. The molecule has 0 radical (unpaired) electrons. The van der Waals surface area contributed by atoms with E-state index < -0.39 is 0 Å². The topological polar surface area (TPSA) is 69.7 Å². The molecule has 2 aromatic rings. The molecule has 30 heavy (non-hydrogen) atoms. The summed E-state index contributed by atoms with van der Waals surface area (Å²) in [6, 6.07) is 14.5. The molecule has 154 valence electrons. The number of fused-ring (bicyclic) bond motifs is 1. The number of likely N-dealkylation sites (N-methyl/N-ethyl adjacent to an activating group) is 1. The van der Waals surface area contributed by atoms with E-state index in [2.05, 4.69) is 11.2 Å². The Morgan fingerprint density at radius 2 is 1.97 bits per heavy atom. The zero-order chi connectivity index (χ0) is 21.7. The van der Waals surface area contributed by atoms with Crippen LogP contribution in [0, 0.1) is 12.3 Å². The average molecular weight is 403 g/mol. The summed E-state index contributed by atoms with van der Waals surface area (Å²) in [6.07, 6.45) is 6.29. The molecule has 1 N–H and O–H groups in total. The number of terminal acetylenes is 1. The molecule has 6 heteroatoms. The smallest absolute Gasteiger partial charge is 0.243 e. The Hall–Kier alpha value is -3.59. The van der Waals surface area contributed by atoms with Crippen molar-refractivity contribution in [1.29, 1.82) is 0 Å². The van der Waals surface area contributed by atoms with Crippen LogP contribution in [-0.2, 0) is 20.8 Å². The van der Waals surface area contributed by atoms with Gasteiger partial charge >= 0.3 is 0 Å². The number of benzene rings is 2. The van der Waals surface area contributed by atoms with Crippen molar-refractivity contribution in [3.05, 3.63) is 65.2 Å². The van der Waals surface area contributed by atoms with Gasteiger partial charge in [0.1, 0.15) is 0 Å². The van der Waals surface area contributed by atoms with Gasteiger partial charge in [0.15, 0.2) is 0 Å². The molecule has 0 aromatic heterocycles. The van der Waals surface area contributed by atoms with Crippen molar-refractivity contribution in [2.45, 2.75) is 25.8 Å². The Balaban J connectivity index is 1.66. The molecule has 0 fully saturated rings. The Bertz CT molecular complexity index is 1010. The van der Waals surface area contributed by atoms with E-state index in [0.717, 1.165) is 17.5 Å². The maximum atomic E-state index is 12.9. The van der Waals surface area contributed by atoms with Crippen LogP contribution >= 0.6 is 0 Å². The third kappa shape index (κ3) is 4.87. The van der Waals surface area contributed by atoms with E-state index in [0.29, 0.717) is 17.8 Å². The molecule has 0 spiro atoms. The minimum atomic E-state index is -0.322. The molecule has 1 unspecified atom stereocenters. The van der Waals surface area contributed by atoms with Crippen molar-refractivity contribution >= 4 is 23.4 Å². The molecule has 0 saturated heterocycles. The summed E-state index contributed by atoms with van der Waals surface area (Å²) < 4.78 is 0. The van der Waals surface area contributed by atoms with Gasteiger partial charge in [-0.1, -0.05) is 36.3 Å². The van der Waals surface area contributed by atoms with Crippen LogP contribution in [0.15, 0.2) is 48.5 Å². The number of rotatable bonds is 5. The van der Waals surface area contributed by atoms with Crippen LogP contribution in [-0.4, -0.2) is 47.7 Å². The van der Waals surface area contributed by atoms with Crippen LogP contribution in [0.4, 0.5) is 5.69 Å². The average Bonchev–Trinajstić information content (AvgIpc) is 2.73. The van der Waals surface area contributed by atoms with E-state index in [1.54, 1.807) is 36.2 Å². The SMILES string of the molecule is C#Cc1cccc(NC(=O)CN(C)C(=O)CC2c3ccccc3CCN2C(C)=O)c1. The summed E-state index contributed by atoms with van der Waals surface area (Å²) in [7, 11) is 1.59. The van der Waals surface area contributed by atoms with Crippen molar-refractivity contribution in [3.63, 3.8) is 0 Å². The first-order chi connectivity index (χ1) is 14.4. The molecule has 0 aliphatic carbocycles. The number of anilines is 1. The van der Waals surface area contributed by atoms with Gasteiger partial charge in [0.25, 0.3) is 0 Å². The number of hydrogen-bond acceptors (Lipinski definition) is 3. The highest BCUT2D eigenvalue weighted by molar-refractivity contribution is 5.94. The lowest BCUT2D eigenvalue weighted by Gasteiger charge is -2.37. The lowest BCUT2D eigenvalue weighted by Crippen LogP contribution is -2.42. The van der Waals surface area contributed by atoms with Crippen molar-refractivity contribution in [2.75, 3.05) is 25.5 Å². The molecule has 1 heterocycles. The van der Waals surface area contributed by atoms with Crippen LogP contribution in [0.1, 0.15) is 36.1 Å². The molecule has 1 aliphatic heterocycles. The Morgan fingerprint density at radius 3 is 2.70 bits per heavy atom. The van der Waals surface area contributed by atoms with Gasteiger partial charge in [0, 0.05) is 31.8 Å². The fourth-order valence-corrected chi connectivity index (χ4v) is 3.76. The van der Waals surface area contributed by atoms with E-state index in [1.165, 1.54) is 11.8 Å². The number of carbonyl (C=O) groups is 3. The third-order valence-electron chi connectivity index (χ3n) is 5.30. The number of nitrogens with one attached hydrogen (secondary N) is 1. The highest BCUT2D eigenvalue weighted by Crippen LogP contribution is 2.32. The lowest BCUT2D eigenvalue weighted by molar-refractivity contribution is -0.137.